The summed E-state index contributed by atoms with van der Waals surface area (Å²) >= 11 is 3.18. The standard InChI is InChI=1S/C13H12BrFN2O2/c1-9-2-3-13(18)17(16-9)4-5-19-12-7-10(14)6-11(15)8-12/h2-3,6-8H,4-5H2,1H3. The van der Waals surface area contributed by atoms with E-state index in [4.69, 9.17) is 4.74 Å². The minimum absolute atomic E-state index is 0.186. The molecule has 0 fully saturated rings. The van der Waals surface area contributed by atoms with Crippen molar-refractivity contribution in [2.24, 2.45) is 0 Å². The Kier molecular flexibility index (Phi) is 4.31. The van der Waals surface area contributed by atoms with Crippen LogP contribution >= 0.6 is 15.9 Å². The number of aryl methyl sites for hydroxylation is 1. The van der Waals surface area contributed by atoms with Gasteiger partial charge in [0.1, 0.15) is 18.2 Å². The molecule has 0 unspecified atom stereocenters. The summed E-state index contributed by atoms with van der Waals surface area (Å²) in [7, 11) is 0. The van der Waals surface area contributed by atoms with Gasteiger partial charge in [0, 0.05) is 16.6 Å². The molecule has 0 N–H and O–H groups in total. The largest absolute Gasteiger partial charge is 0.492 e. The Morgan fingerprint density at radius 1 is 1.37 bits per heavy atom. The fourth-order valence-corrected chi connectivity index (χ4v) is 2.02. The zero-order valence-corrected chi connectivity index (χ0v) is 11.9. The Hall–Kier alpha value is -1.69. The van der Waals surface area contributed by atoms with Crippen molar-refractivity contribution in [3.05, 3.63) is 56.7 Å². The quantitative estimate of drug-likeness (QED) is 0.867. The second-order valence-corrected chi connectivity index (χ2v) is 4.91. The van der Waals surface area contributed by atoms with Crippen molar-refractivity contribution < 1.29 is 9.13 Å². The Morgan fingerprint density at radius 2 is 2.16 bits per heavy atom. The average molecular weight is 327 g/mol. The lowest BCUT2D eigenvalue weighted by atomic mass is 10.3. The Bertz CT molecular complexity index is 623. The molecule has 4 nitrogen and oxygen atoms in total. The van der Waals surface area contributed by atoms with Crippen molar-refractivity contribution in [3.63, 3.8) is 0 Å². The number of benzene rings is 1. The van der Waals surface area contributed by atoms with Crippen LogP contribution in [-0.4, -0.2) is 16.4 Å². The number of halogens is 2. The van der Waals surface area contributed by atoms with Crippen LogP contribution in [0.5, 0.6) is 5.75 Å². The van der Waals surface area contributed by atoms with Gasteiger partial charge in [-0.3, -0.25) is 4.79 Å². The molecular weight excluding hydrogens is 315 g/mol. The molecule has 0 saturated carbocycles. The minimum Gasteiger partial charge on any atom is -0.492 e. The van der Waals surface area contributed by atoms with E-state index in [1.54, 1.807) is 19.1 Å². The molecule has 0 radical (unpaired) electrons. The molecule has 6 heteroatoms. The molecule has 0 aliphatic rings. The molecule has 1 aromatic carbocycles. The van der Waals surface area contributed by atoms with Gasteiger partial charge in [-0.2, -0.15) is 5.10 Å². The molecule has 0 amide bonds. The van der Waals surface area contributed by atoms with Crippen molar-refractivity contribution in [2.75, 3.05) is 6.61 Å². The second-order valence-electron chi connectivity index (χ2n) is 3.99. The molecule has 100 valence electrons. The first kappa shape index (κ1) is 13.7. The smallest absolute Gasteiger partial charge is 0.266 e. The molecule has 0 aliphatic carbocycles. The molecule has 0 bridgehead atoms. The summed E-state index contributed by atoms with van der Waals surface area (Å²) in [5.41, 5.74) is 0.572. The van der Waals surface area contributed by atoms with Gasteiger partial charge in [-0.15, -0.1) is 0 Å². The summed E-state index contributed by atoms with van der Waals surface area (Å²) in [6, 6.07) is 7.41. The maximum Gasteiger partial charge on any atom is 0.266 e. The summed E-state index contributed by atoms with van der Waals surface area (Å²) in [5, 5.41) is 4.08. The van der Waals surface area contributed by atoms with Crippen molar-refractivity contribution in [1.82, 2.24) is 9.78 Å². The van der Waals surface area contributed by atoms with Gasteiger partial charge in [0.05, 0.1) is 12.2 Å². The SMILES string of the molecule is Cc1ccc(=O)n(CCOc2cc(F)cc(Br)c2)n1. The van der Waals surface area contributed by atoms with Crippen molar-refractivity contribution in [1.29, 1.82) is 0 Å². The number of aromatic nitrogens is 2. The Balaban J connectivity index is 2.00. The van der Waals surface area contributed by atoms with E-state index in [0.29, 0.717) is 16.8 Å². The van der Waals surface area contributed by atoms with E-state index in [2.05, 4.69) is 21.0 Å². The van der Waals surface area contributed by atoms with E-state index in [9.17, 15) is 9.18 Å². The van der Waals surface area contributed by atoms with Gasteiger partial charge >= 0.3 is 0 Å². The lowest BCUT2D eigenvalue weighted by Crippen LogP contribution is -2.25. The first-order valence-electron chi connectivity index (χ1n) is 5.68. The molecule has 2 aromatic rings. The highest BCUT2D eigenvalue weighted by Crippen LogP contribution is 2.20. The van der Waals surface area contributed by atoms with Gasteiger partial charge in [-0.05, 0) is 25.1 Å². The van der Waals surface area contributed by atoms with E-state index in [0.717, 1.165) is 5.69 Å². The summed E-state index contributed by atoms with van der Waals surface area (Å²) in [4.78, 5) is 11.5. The van der Waals surface area contributed by atoms with Crippen LogP contribution in [0, 0.1) is 12.7 Å². The van der Waals surface area contributed by atoms with Crippen LogP contribution in [-0.2, 0) is 6.54 Å². The van der Waals surface area contributed by atoms with Crippen LogP contribution < -0.4 is 10.3 Å². The second kappa shape index (κ2) is 5.97. The van der Waals surface area contributed by atoms with Crippen LogP contribution in [0.25, 0.3) is 0 Å². The molecule has 1 heterocycles. The van der Waals surface area contributed by atoms with Crippen molar-refractivity contribution in [2.45, 2.75) is 13.5 Å². The van der Waals surface area contributed by atoms with Crippen LogP contribution in [0.1, 0.15) is 5.69 Å². The monoisotopic (exact) mass is 326 g/mol. The molecular formula is C13H12BrFN2O2. The van der Waals surface area contributed by atoms with Gasteiger partial charge in [0.2, 0.25) is 0 Å². The number of hydrogen-bond donors (Lipinski definition) is 0. The molecule has 19 heavy (non-hydrogen) atoms. The first-order valence-corrected chi connectivity index (χ1v) is 6.47. The fraction of sp³-hybridized carbons (Fsp3) is 0.231. The van der Waals surface area contributed by atoms with E-state index in [-0.39, 0.29) is 18.0 Å². The number of nitrogens with zero attached hydrogens (tertiary/aromatic N) is 2. The highest BCUT2D eigenvalue weighted by Gasteiger charge is 2.02. The van der Waals surface area contributed by atoms with Gasteiger partial charge in [0.15, 0.2) is 0 Å². The van der Waals surface area contributed by atoms with Gasteiger partial charge in [0.25, 0.3) is 5.56 Å². The predicted molar refractivity (Wildman–Crippen MR) is 72.8 cm³/mol. The molecule has 0 spiro atoms. The third-order valence-electron chi connectivity index (χ3n) is 2.41. The first-order chi connectivity index (χ1) is 9.04. The maximum absolute atomic E-state index is 13.1. The number of rotatable bonds is 4. The third-order valence-corrected chi connectivity index (χ3v) is 2.87. The minimum atomic E-state index is -0.379. The Labute approximate surface area is 118 Å². The number of hydrogen-bond acceptors (Lipinski definition) is 3. The predicted octanol–water partition coefficient (Wildman–Crippen LogP) is 2.53. The summed E-state index contributed by atoms with van der Waals surface area (Å²) in [6.07, 6.45) is 0. The normalized spacial score (nSPS) is 10.5. The van der Waals surface area contributed by atoms with E-state index >= 15 is 0 Å². The lowest BCUT2D eigenvalue weighted by molar-refractivity contribution is 0.286. The molecule has 0 aliphatic heterocycles. The van der Waals surface area contributed by atoms with Crippen LogP contribution in [0.4, 0.5) is 4.39 Å². The van der Waals surface area contributed by atoms with E-state index < -0.39 is 0 Å². The molecule has 2 rings (SSSR count). The van der Waals surface area contributed by atoms with Gasteiger partial charge in [-0.1, -0.05) is 15.9 Å². The summed E-state index contributed by atoms with van der Waals surface area (Å²) in [6.45, 7) is 2.36. The zero-order chi connectivity index (χ0) is 13.8. The topological polar surface area (TPSA) is 44.1 Å². The van der Waals surface area contributed by atoms with Crippen LogP contribution in [0.2, 0.25) is 0 Å². The van der Waals surface area contributed by atoms with Crippen LogP contribution in [0.3, 0.4) is 0 Å². The third kappa shape index (κ3) is 3.89. The molecule has 1 aromatic heterocycles. The molecule has 0 atom stereocenters. The maximum atomic E-state index is 13.1. The van der Waals surface area contributed by atoms with E-state index in [1.807, 2.05) is 0 Å². The lowest BCUT2D eigenvalue weighted by Gasteiger charge is -2.08. The Morgan fingerprint density at radius 3 is 2.89 bits per heavy atom. The molecule has 0 saturated heterocycles. The van der Waals surface area contributed by atoms with Gasteiger partial charge in [-0.25, -0.2) is 9.07 Å². The summed E-state index contributed by atoms with van der Waals surface area (Å²) in [5.74, 6) is 0.0304. The van der Waals surface area contributed by atoms with Gasteiger partial charge < -0.3 is 4.74 Å². The zero-order valence-electron chi connectivity index (χ0n) is 10.3. The highest BCUT2D eigenvalue weighted by atomic mass is 79.9. The van der Waals surface area contributed by atoms with Crippen molar-refractivity contribution >= 4 is 15.9 Å². The van der Waals surface area contributed by atoms with E-state index in [1.165, 1.54) is 22.9 Å². The van der Waals surface area contributed by atoms with Crippen LogP contribution in [0.15, 0.2) is 39.6 Å². The average Bonchev–Trinajstić information content (AvgIpc) is 2.32. The summed E-state index contributed by atoms with van der Waals surface area (Å²) < 4.78 is 20.4. The van der Waals surface area contributed by atoms with Crippen molar-refractivity contribution in [3.8, 4) is 5.75 Å². The highest BCUT2D eigenvalue weighted by molar-refractivity contribution is 9.10. The number of ether oxygens (including phenoxy) is 1. The fourth-order valence-electron chi connectivity index (χ4n) is 1.57.